The number of H-pyrrole nitrogens is 1. The fraction of sp³-hybridized carbons (Fsp3) is 0. The van der Waals surface area contributed by atoms with Crippen molar-refractivity contribution in [3.63, 3.8) is 0 Å². The molecular formula is C13H8FN3O2. The number of benzene rings is 1. The van der Waals surface area contributed by atoms with E-state index in [0.717, 1.165) is 0 Å². The van der Waals surface area contributed by atoms with Crippen LogP contribution < -0.4 is 5.76 Å². The van der Waals surface area contributed by atoms with E-state index >= 15 is 0 Å². The smallest absolute Gasteiger partial charge is 0.296 e. The number of nitrogens with zero attached hydrogens (tertiary/aromatic N) is 2. The maximum absolute atomic E-state index is 13.6. The Hall–Kier alpha value is -2.76. The molecule has 0 unspecified atom stereocenters. The molecule has 0 saturated heterocycles. The lowest BCUT2D eigenvalue weighted by molar-refractivity contribution is 0.387. The van der Waals surface area contributed by atoms with Gasteiger partial charge in [0.2, 0.25) is 5.82 Å². The minimum atomic E-state index is -0.644. The molecule has 2 heterocycles. The minimum absolute atomic E-state index is 0.241. The maximum Gasteiger partial charge on any atom is 0.439 e. The molecular weight excluding hydrogens is 249 g/mol. The highest BCUT2D eigenvalue weighted by Gasteiger charge is 2.08. The second kappa shape index (κ2) is 4.49. The summed E-state index contributed by atoms with van der Waals surface area (Å²) in [4.78, 5) is 17.3. The molecule has 1 N–H and O–H groups in total. The summed E-state index contributed by atoms with van der Waals surface area (Å²) in [5.41, 5.74) is 1.56. The van der Waals surface area contributed by atoms with Crippen LogP contribution in [0, 0.1) is 5.82 Å². The van der Waals surface area contributed by atoms with E-state index < -0.39 is 5.76 Å². The predicted molar refractivity (Wildman–Crippen MR) is 65.7 cm³/mol. The van der Waals surface area contributed by atoms with Crippen LogP contribution in [0.15, 0.2) is 51.9 Å². The molecule has 0 bridgehead atoms. The summed E-state index contributed by atoms with van der Waals surface area (Å²) in [7, 11) is 0. The number of aromatic nitrogens is 3. The van der Waals surface area contributed by atoms with E-state index in [4.69, 9.17) is 0 Å². The van der Waals surface area contributed by atoms with Gasteiger partial charge in [0, 0.05) is 17.3 Å². The van der Waals surface area contributed by atoms with E-state index in [0.29, 0.717) is 16.8 Å². The van der Waals surface area contributed by atoms with Gasteiger partial charge in [0.1, 0.15) is 11.5 Å². The zero-order chi connectivity index (χ0) is 13.2. The molecule has 0 aliphatic rings. The summed E-state index contributed by atoms with van der Waals surface area (Å²) in [6.07, 6.45) is 1.51. The van der Waals surface area contributed by atoms with Gasteiger partial charge in [-0.15, -0.1) is 0 Å². The van der Waals surface area contributed by atoms with Crippen LogP contribution in [0.1, 0.15) is 0 Å². The van der Waals surface area contributed by atoms with Crippen molar-refractivity contribution in [3.8, 4) is 22.6 Å². The molecule has 1 aromatic carbocycles. The summed E-state index contributed by atoms with van der Waals surface area (Å²) in [5, 5.41) is 3.53. The van der Waals surface area contributed by atoms with Crippen molar-refractivity contribution >= 4 is 0 Å². The molecule has 94 valence electrons. The van der Waals surface area contributed by atoms with Gasteiger partial charge in [-0.25, -0.2) is 9.18 Å². The molecule has 19 heavy (non-hydrogen) atoms. The number of hydrogen-bond donors (Lipinski definition) is 1. The molecule has 0 aliphatic carbocycles. The number of pyridine rings is 1. The monoisotopic (exact) mass is 257 g/mol. The Morgan fingerprint density at radius 1 is 1.16 bits per heavy atom. The SMILES string of the molecule is O=c1[nH]c(-c2ccc(-c3ccccc3F)cn2)no1. The lowest BCUT2D eigenvalue weighted by Crippen LogP contribution is -1.95. The Bertz CT molecular complexity index is 762. The highest BCUT2D eigenvalue weighted by atomic mass is 19.1. The van der Waals surface area contributed by atoms with Crippen molar-refractivity contribution in [3.05, 3.63) is 59.0 Å². The van der Waals surface area contributed by atoms with Gasteiger partial charge in [-0.05, 0) is 12.1 Å². The molecule has 2 aromatic heterocycles. The van der Waals surface area contributed by atoms with E-state index in [1.807, 2.05) is 0 Å². The lowest BCUT2D eigenvalue weighted by Gasteiger charge is -2.03. The highest BCUT2D eigenvalue weighted by molar-refractivity contribution is 5.65. The van der Waals surface area contributed by atoms with Crippen LogP contribution in [0.3, 0.4) is 0 Å². The third-order valence-electron chi connectivity index (χ3n) is 2.63. The first-order chi connectivity index (χ1) is 9.24. The second-order valence-corrected chi connectivity index (χ2v) is 3.86. The van der Waals surface area contributed by atoms with Crippen molar-refractivity contribution in [1.82, 2.24) is 15.1 Å². The predicted octanol–water partition coefficient (Wildman–Crippen LogP) is 2.23. The Morgan fingerprint density at radius 2 is 2.00 bits per heavy atom. The first-order valence-corrected chi connectivity index (χ1v) is 5.51. The van der Waals surface area contributed by atoms with Gasteiger partial charge >= 0.3 is 5.76 Å². The summed E-state index contributed by atoms with van der Waals surface area (Å²) in [6.45, 7) is 0. The van der Waals surface area contributed by atoms with Crippen LogP contribution in [0.5, 0.6) is 0 Å². The van der Waals surface area contributed by atoms with E-state index in [2.05, 4.69) is 19.6 Å². The van der Waals surface area contributed by atoms with Crippen LogP contribution in [0.4, 0.5) is 4.39 Å². The molecule has 0 radical (unpaired) electrons. The maximum atomic E-state index is 13.6. The zero-order valence-electron chi connectivity index (χ0n) is 9.63. The van der Waals surface area contributed by atoms with Gasteiger partial charge in [-0.2, -0.15) is 0 Å². The van der Waals surface area contributed by atoms with Crippen LogP contribution in [-0.4, -0.2) is 15.1 Å². The summed E-state index contributed by atoms with van der Waals surface area (Å²) in [5.74, 6) is -0.716. The van der Waals surface area contributed by atoms with E-state index in [-0.39, 0.29) is 11.6 Å². The number of nitrogens with one attached hydrogen (secondary N) is 1. The average Bonchev–Trinajstić information content (AvgIpc) is 2.86. The van der Waals surface area contributed by atoms with Gasteiger partial charge in [0.25, 0.3) is 0 Å². The molecule has 0 spiro atoms. The van der Waals surface area contributed by atoms with Crippen molar-refractivity contribution in [2.24, 2.45) is 0 Å². The third kappa shape index (κ3) is 2.15. The standard InChI is InChI=1S/C13H8FN3O2/c14-10-4-2-1-3-9(10)8-5-6-11(15-7-8)12-16-13(18)19-17-12/h1-7H,(H,16,17,18). The quantitative estimate of drug-likeness (QED) is 0.764. The first kappa shape index (κ1) is 11.3. The molecule has 3 aromatic rings. The van der Waals surface area contributed by atoms with Gasteiger partial charge < -0.3 is 0 Å². The Kier molecular flexibility index (Phi) is 2.68. The number of halogens is 1. The van der Waals surface area contributed by atoms with Crippen LogP contribution in [-0.2, 0) is 0 Å². The molecule has 3 rings (SSSR count). The number of aromatic amines is 1. The topological polar surface area (TPSA) is 71.8 Å². The Balaban J connectivity index is 2.00. The van der Waals surface area contributed by atoms with Crippen molar-refractivity contribution < 1.29 is 8.91 Å². The minimum Gasteiger partial charge on any atom is -0.296 e. The summed E-state index contributed by atoms with van der Waals surface area (Å²) < 4.78 is 18.0. The fourth-order valence-electron chi connectivity index (χ4n) is 1.73. The molecule has 6 heteroatoms. The molecule has 0 saturated carbocycles. The second-order valence-electron chi connectivity index (χ2n) is 3.86. The van der Waals surface area contributed by atoms with Crippen LogP contribution in [0.2, 0.25) is 0 Å². The first-order valence-electron chi connectivity index (χ1n) is 5.51. The number of hydrogen-bond acceptors (Lipinski definition) is 4. The zero-order valence-corrected chi connectivity index (χ0v) is 9.63. The van der Waals surface area contributed by atoms with Crippen molar-refractivity contribution in [2.45, 2.75) is 0 Å². The Labute approximate surface area is 106 Å². The van der Waals surface area contributed by atoms with Gasteiger partial charge in [0.15, 0.2) is 0 Å². The van der Waals surface area contributed by atoms with Crippen molar-refractivity contribution in [2.75, 3.05) is 0 Å². The molecule has 5 nitrogen and oxygen atoms in total. The molecule has 0 amide bonds. The average molecular weight is 257 g/mol. The van der Waals surface area contributed by atoms with Crippen LogP contribution in [0.25, 0.3) is 22.6 Å². The summed E-state index contributed by atoms with van der Waals surface area (Å²) >= 11 is 0. The van der Waals surface area contributed by atoms with Crippen LogP contribution >= 0.6 is 0 Å². The van der Waals surface area contributed by atoms with E-state index in [1.54, 1.807) is 30.3 Å². The van der Waals surface area contributed by atoms with E-state index in [9.17, 15) is 9.18 Å². The third-order valence-corrected chi connectivity index (χ3v) is 2.63. The fourth-order valence-corrected chi connectivity index (χ4v) is 1.73. The van der Waals surface area contributed by atoms with Crippen molar-refractivity contribution in [1.29, 1.82) is 0 Å². The number of rotatable bonds is 2. The van der Waals surface area contributed by atoms with Gasteiger partial charge in [-0.1, -0.05) is 29.4 Å². The lowest BCUT2D eigenvalue weighted by atomic mass is 10.1. The molecule has 0 fully saturated rings. The normalized spacial score (nSPS) is 10.6. The highest BCUT2D eigenvalue weighted by Crippen LogP contribution is 2.23. The molecule has 0 atom stereocenters. The largest absolute Gasteiger partial charge is 0.439 e. The Morgan fingerprint density at radius 3 is 2.63 bits per heavy atom. The molecule has 0 aliphatic heterocycles. The van der Waals surface area contributed by atoms with Gasteiger partial charge in [-0.3, -0.25) is 14.5 Å². The summed E-state index contributed by atoms with van der Waals surface area (Å²) in [6, 6.07) is 9.77. The van der Waals surface area contributed by atoms with E-state index in [1.165, 1.54) is 12.3 Å². The van der Waals surface area contributed by atoms with Gasteiger partial charge in [0.05, 0.1) is 0 Å².